The Balaban J connectivity index is 1.71. The summed E-state index contributed by atoms with van der Waals surface area (Å²) in [4.78, 5) is 19.9. The number of carbonyl (C=O) groups excluding carboxylic acids is 1. The highest BCUT2D eigenvalue weighted by Crippen LogP contribution is 2.21. The van der Waals surface area contributed by atoms with E-state index >= 15 is 0 Å². The third kappa shape index (κ3) is 4.40. The van der Waals surface area contributed by atoms with E-state index in [9.17, 15) is 4.79 Å². The van der Waals surface area contributed by atoms with Crippen LogP contribution in [0.4, 0.5) is 11.8 Å². The molecule has 1 aromatic heterocycles. The van der Waals surface area contributed by atoms with E-state index in [1.807, 2.05) is 13.0 Å². The summed E-state index contributed by atoms with van der Waals surface area (Å²) in [5.41, 5.74) is 6.59. The van der Waals surface area contributed by atoms with Gasteiger partial charge in [-0.1, -0.05) is 0 Å². The topological polar surface area (TPSA) is 111 Å². The van der Waals surface area contributed by atoms with Gasteiger partial charge in [0.2, 0.25) is 11.9 Å². The molecule has 0 radical (unpaired) electrons. The molecule has 0 aliphatic carbocycles. The van der Waals surface area contributed by atoms with Crippen molar-refractivity contribution in [2.45, 2.75) is 25.5 Å². The van der Waals surface area contributed by atoms with Gasteiger partial charge in [0.05, 0.1) is 19.3 Å². The van der Waals surface area contributed by atoms with Gasteiger partial charge in [0.15, 0.2) is 0 Å². The van der Waals surface area contributed by atoms with E-state index in [1.54, 1.807) is 31.3 Å². The number of ether oxygens (including phenoxy) is 2. The number of carbonyl (C=O) groups is 1. The third-order valence-corrected chi connectivity index (χ3v) is 4.13. The smallest absolute Gasteiger partial charge is 0.248 e. The SMILES string of the molecule is CNc1nc(C)cc(N[C@@H]2COCC[C@H]2Oc2ccc(C(N)=O)cc2)n1. The first kappa shape index (κ1) is 17.9. The average molecular weight is 357 g/mol. The highest BCUT2D eigenvalue weighted by atomic mass is 16.5. The van der Waals surface area contributed by atoms with Crippen molar-refractivity contribution in [3.8, 4) is 5.75 Å². The van der Waals surface area contributed by atoms with Gasteiger partial charge in [0.25, 0.3) is 0 Å². The molecular formula is C18H23N5O3. The number of aryl methyl sites for hydroxylation is 1. The van der Waals surface area contributed by atoms with E-state index in [0.717, 1.165) is 17.9 Å². The Morgan fingerprint density at radius 3 is 2.77 bits per heavy atom. The van der Waals surface area contributed by atoms with Crippen molar-refractivity contribution in [2.75, 3.05) is 30.9 Å². The normalized spacial score (nSPS) is 19.6. The molecule has 1 fully saturated rings. The summed E-state index contributed by atoms with van der Waals surface area (Å²) < 4.78 is 11.7. The molecule has 2 aromatic rings. The molecule has 1 saturated heterocycles. The Morgan fingerprint density at radius 2 is 2.08 bits per heavy atom. The lowest BCUT2D eigenvalue weighted by molar-refractivity contribution is 0.0147. The van der Waals surface area contributed by atoms with Crippen LogP contribution in [0.5, 0.6) is 5.75 Å². The first-order valence-corrected chi connectivity index (χ1v) is 8.49. The van der Waals surface area contributed by atoms with E-state index in [-0.39, 0.29) is 12.1 Å². The maximum atomic E-state index is 11.2. The lowest BCUT2D eigenvalue weighted by Gasteiger charge is -2.32. The minimum absolute atomic E-state index is 0.0569. The molecule has 4 N–H and O–H groups in total. The molecule has 1 aromatic carbocycles. The van der Waals surface area contributed by atoms with Crippen LogP contribution < -0.4 is 21.1 Å². The Labute approximate surface area is 152 Å². The average Bonchev–Trinajstić information content (AvgIpc) is 2.63. The molecule has 1 aliphatic heterocycles. The maximum Gasteiger partial charge on any atom is 0.248 e. The molecule has 0 unspecified atom stereocenters. The Hall–Kier alpha value is -2.87. The van der Waals surface area contributed by atoms with Gasteiger partial charge < -0.3 is 25.8 Å². The minimum Gasteiger partial charge on any atom is -0.488 e. The number of hydrogen-bond donors (Lipinski definition) is 3. The largest absolute Gasteiger partial charge is 0.488 e. The summed E-state index contributed by atoms with van der Waals surface area (Å²) >= 11 is 0. The Kier molecular flexibility index (Phi) is 5.52. The molecule has 2 heterocycles. The zero-order valence-electron chi connectivity index (χ0n) is 14.9. The molecule has 8 heteroatoms. The van der Waals surface area contributed by atoms with E-state index < -0.39 is 5.91 Å². The standard InChI is InChI=1S/C18H23N5O3/c1-11-9-16(23-18(20-2)21-11)22-14-10-25-8-7-15(14)26-13-5-3-12(4-6-13)17(19)24/h3-6,9,14-15H,7-8,10H2,1-2H3,(H2,19,24)(H2,20,21,22,23)/t14-,15-/m1/s1. The highest BCUT2D eigenvalue weighted by molar-refractivity contribution is 5.92. The van der Waals surface area contributed by atoms with Gasteiger partial charge in [-0.3, -0.25) is 4.79 Å². The van der Waals surface area contributed by atoms with Crippen LogP contribution in [0.2, 0.25) is 0 Å². The van der Waals surface area contributed by atoms with Crippen molar-refractivity contribution in [2.24, 2.45) is 5.73 Å². The fourth-order valence-corrected chi connectivity index (χ4v) is 2.81. The van der Waals surface area contributed by atoms with Crippen LogP contribution >= 0.6 is 0 Å². The molecular weight excluding hydrogens is 334 g/mol. The lowest BCUT2D eigenvalue weighted by Crippen LogP contribution is -2.45. The summed E-state index contributed by atoms with van der Waals surface area (Å²) in [5.74, 6) is 1.50. The predicted octanol–water partition coefficient (Wildman–Crippen LogP) is 1.57. The number of nitrogens with two attached hydrogens (primary N) is 1. The summed E-state index contributed by atoms with van der Waals surface area (Å²) in [5, 5.41) is 6.33. The van der Waals surface area contributed by atoms with Gasteiger partial charge in [-0.05, 0) is 31.2 Å². The molecule has 0 spiro atoms. The molecule has 26 heavy (non-hydrogen) atoms. The van der Waals surface area contributed by atoms with Gasteiger partial charge in [0.1, 0.15) is 17.7 Å². The van der Waals surface area contributed by atoms with Crippen LogP contribution in [0, 0.1) is 6.92 Å². The van der Waals surface area contributed by atoms with Crippen LogP contribution in [0.3, 0.4) is 0 Å². The van der Waals surface area contributed by atoms with Crippen LogP contribution in [0.25, 0.3) is 0 Å². The van der Waals surface area contributed by atoms with Gasteiger partial charge in [-0.15, -0.1) is 0 Å². The monoisotopic (exact) mass is 357 g/mol. The number of primary amides is 1. The molecule has 3 rings (SSSR count). The molecule has 8 nitrogen and oxygen atoms in total. The van der Waals surface area contributed by atoms with Crippen molar-refractivity contribution >= 4 is 17.7 Å². The number of amides is 1. The fraction of sp³-hybridized carbons (Fsp3) is 0.389. The quantitative estimate of drug-likeness (QED) is 0.719. The molecule has 1 amide bonds. The number of rotatable bonds is 6. The Bertz CT molecular complexity index is 766. The van der Waals surface area contributed by atoms with Crippen LogP contribution in [-0.4, -0.2) is 48.3 Å². The second-order valence-corrected chi connectivity index (χ2v) is 6.13. The first-order valence-electron chi connectivity index (χ1n) is 8.49. The Morgan fingerprint density at radius 1 is 1.31 bits per heavy atom. The minimum atomic E-state index is -0.457. The van der Waals surface area contributed by atoms with E-state index in [1.165, 1.54) is 0 Å². The summed E-state index contributed by atoms with van der Waals surface area (Å²) in [6, 6.07) is 8.65. The number of benzene rings is 1. The number of nitrogens with zero attached hydrogens (tertiary/aromatic N) is 2. The van der Waals surface area contributed by atoms with Gasteiger partial charge in [-0.2, -0.15) is 4.98 Å². The number of anilines is 2. The second-order valence-electron chi connectivity index (χ2n) is 6.13. The number of nitrogens with one attached hydrogen (secondary N) is 2. The van der Waals surface area contributed by atoms with Crippen molar-refractivity contribution in [3.05, 3.63) is 41.6 Å². The third-order valence-electron chi connectivity index (χ3n) is 4.13. The van der Waals surface area contributed by atoms with E-state index in [4.69, 9.17) is 15.2 Å². The number of aromatic nitrogens is 2. The molecule has 138 valence electrons. The van der Waals surface area contributed by atoms with Crippen molar-refractivity contribution < 1.29 is 14.3 Å². The second kappa shape index (κ2) is 8.01. The number of hydrogen-bond acceptors (Lipinski definition) is 7. The lowest BCUT2D eigenvalue weighted by atomic mass is 10.1. The molecule has 2 atom stereocenters. The zero-order chi connectivity index (χ0) is 18.5. The van der Waals surface area contributed by atoms with Gasteiger partial charge in [0, 0.05) is 30.8 Å². The maximum absolute atomic E-state index is 11.2. The van der Waals surface area contributed by atoms with Crippen molar-refractivity contribution in [1.82, 2.24) is 9.97 Å². The van der Waals surface area contributed by atoms with Crippen molar-refractivity contribution in [3.63, 3.8) is 0 Å². The zero-order valence-corrected chi connectivity index (χ0v) is 14.9. The van der Waals surface area contributed by atoms with Crippen LogP contribution in [0.1, 0.15) is 22.5 Å². The van der Waals surface area contributed by atoms with E-state index in [0.29, 0.717) is 30.5 Å². The summed E-state index contributed by atoms with van der Waals surface area (Å²) in [6.07, 6.45) is 0.662. The first-order chi connectivity index (χ1) is 12.5. The fourth-order valence-electron chi connectivity index (χ4n) is 2.81. The van der Waals surface area contributed by atoms with Crippen LogP contribution in [0.15, 0.2) is 30.3 Å². The summed E-state index contributed by atoms with van der Waals surface area (Å²) in [7, 11) is 1.78. The van der Waals surface area contributed by atoms with Crippen molar-refractivity contribution in [1.29, 1.82) is 0 Å². The molecule has 0 saturated carbocycles. The van der Waals surface area contributed by atoms with Gasteiger partial charge in [-0.25, -0.2) is 4.98 Å². The molecule has 1 aliphatic rings. The molecule has 0 bridgehead atoms. The predicted molar refractivity (Wildman–Crippen MR) is 98.5 cm³/mol. The van der Waals surface area contributed by atoms with Gasteiger partial charge >= 0.3 is 0 Å². The highest BCUT2D eigenvalue weighted by Gasteiger charge is 2.28. The van der Waals surface area contributed by atoms with E-state index in [2.05, 4.69) is 20.6 Å². The summed E-state index contributed by atoms with van der Waals surface area (Å²) in [6.45, 7) is 3.06. The van der Waals surface area contributed by atoms with Crippen LogP contribution in [-0.2, 0) is 4.74 Å².